The molecule has 0 aromatic heterocycles. The first-order valence-electron chi connectivity index (χ1n) is 6.92. The first kappa shape index (κ1) is 15.9. The van der Waals surface area contributed by atoms with Crippen molar-refractivity contribution in [2.75, 3.05) is 14.1 Å². The van der Waals surface area contributed by atoms with Gasteiger partial charge in [0, 0.05) is 5.56 Å². The Hall–Kier alpha value is -2.46. The summed E-state index contributed by atoms with van der Waals surface area (Å²) in [6.45, 7) is 0. The second kappa shape index (κ2) is 7.52. The number of likely N-dealkylation sites (N-methyl/N-ethyl adjacent to an activating group) is 1. The van der Waals surface area contributed by atoms with Gasteiger partial charge in [-0.2, -0.15) is 0 Å². The maximum atomic E-state index is 13.9. The molecule has 0 saturated carbocycles. The predicted molar refractivity (Wildman–Crippen MR) is 84.4 cm³/mol. The topological polar surface area (TPSA) is 29.5 Å². The summed E-state index contributed by atoms with van der Waals surface area (Å²) in [7, 11) is 3.42. The zero-order valence-electron chi connectivity index (χ0n) is 12.6. The molecule has 4 heteroatoms. The standard InChI is InChI=1S/C18H18FNO2/c1-20(2)17(15-10-6-7-11-16(15)19)18(21)22-13-12-14-8-4-3-5-9-14/h3-13,17H,1-2H3/t17-/m1/s1. The van der Waals surface area contributed by atoms with Gasteiger partial charge >= 0.3 is 5.97 Å². The van der Waals surface area contributed by atoms with Crippen LogP contribution in [-0.4, -0.2) is 25.0 Å². The third-order valence-electron chi connectivity index (χ3n) is 3.18. The first-order chi connectivity index (χ1) is 10.6. The van der Waals surface area contributed by atoms with Gasteiger partial charge in [0.1, 0.15) is 11.9 Å². The highest BCUT2D eigenvalue weighted by Crippen LogP contribution is 2.22. The minimum Gasteiger partial charge on any atom is -0.433 e. The van der Waals surface area contributed by atoms with Crippen molar-refractivity contribution >= 4 is 12.0 Å². The van der Waals surface area contributed by atoms with Gasteiger partial charge in [0.15, 0.2) is 0 Å². The largest absolute Gasteiger partial charge is 0.433 e. The molecule has 1 atom stereocenters. The summed E-state index contributed by atoms with van der Waals surface area (Å²) < 4.78 is 19.0. The lowest BCUT2D eigenvalue weighted by Gasteiger charge is -2.22. The number of esters is 1. The third kappa shape index (κ3) is 4.02. The SMILES string of the molecule is CN(C)[C@@H](C(=O)OC=Cc1ccccc1)c1ccccc1F. The van der Waals surface area contributed by atoms with Crippen LogP contribution >= 0.6 is 0 Å². The molecule has 2 rings (SSSR count). The summed E-state index contributed by atoms with van der Waals surface area (Å²) in [6.07, 6.45) is 3.01. The number of hydrogen-bond acceptors (Lipinski definition) is 3. The molecule has 3 nitrogen and oxygen atoms in total. The number of carbonyl (C=O) groups excluding carboxylic acids is 1. The summed E-state index contributed by atoms with van der Waals surface area (Å²) in [5.74, 6) is -0.951. The van der Waals surface area contributed by atoms with Crippen LogP contribution in [0.3, 0.4) is 0 Å². The van der Waals surface area contributed by atoms with Gasteiger partial charge in [-0.1, -0.05) is 48.5 Å². The monoisotopic (exact) mass is 299 g/mol. The summed E-state index contributed by atoms with van der Waals surface area (Å²) in [5, 5.41) is 0. The Kier molecular flexibility index (Phi) is 5.44. The van der Waals surface area contributed by atoms with Gasteiger partial charge in [0.05, 0.1) is 6.26 Å². The number of rotatable bonds is 5. The van der Waals surface area contributed by atoms with Crippen molar-refractivity contribution in [2.45, 2.75) is 6.04 Å². The molecule has 0 amide bonds. The van der Waals surface area contributed by atoms with Crippen LogP contribution in [0.15, 0.2) is 60.9 Å². The van der Waals surface area contributed by atoms with E-state index in [1.807, 2.05) is 30.3 Å². The van der Waals surface area contributed by atoms with Crippen molar-refractivity contribution in [3.63, 3.8) is 0 Å². The number of halogens is 1. The van der Waals surface area contributed by atoms with Gasteiger partial charge in [-0.05, 0) is 31.8 Å². The smallest absolute Gasteiger partial charge is 0.332 e. The number of nitrogens with zero attached hydrogens (tertiary/aromatic N) is 1. The molecule has 22 heavy (non-hydrogen) atoms. The van der Waals surface area contributed by atoms with Gasteiger partial charge in [0.25, 0.3) is 0 Å². The van der Waals surface area contributed by atoms with E-state index in [9.17, 15) is 9.18 Å². The van der Waals surface area contributed by atoms with Gasteiger partial charge in [-0.3, -0.25) is 4.90 Å². The van der Waals surface area contributed by atoms with Gasteiger partial charge < -0.3 is 4.74 Å². The van der Waals surface area contributed by atoms with Crippen LogP contribution in [0.2, 0.25) is 0 Å². The molecule has 0 aliphatic rings. The number of benzene rings is 2. The Bertz CT molecular complexity index is 653. The van der Waals surface area contributed by atoms with E-state index in [1.54, 1.807) is 43.3 Å². The van der Waals surface area contributed by atoms with Crippen molar-refractivity contribution in [3.8, 4) is 0 Å². The van der Waals surface area contributed by atoms with Crippen LogP contribution in [0.4, 0.5) is 4.39 Å². The van der Waals surface area contributed by atoms with Crippen molar-refractivity contribution in [1.82, 2.24) is 4.90 Å². The molecule has 0 aliphatic carbocycles. The first-order valence-corrected chi connectivity index (χ1v) is 6.92. The number of carbonyl (C=O) groups is 1. The highest BCUT2D eigenvalue weighted by molar-refractivity contribution is 5.78. The van der Waals surface area contributed by atoms with Gasteiger partial charge in [0.2, 0.25) is 0 Å². The fraction of sp³-hybridized carbons (Fsp3) is 0.167. The van der Waals surface area contributed by atoms with E-state index >= 15 is 0 Å². The van der Waals surface area contributed by atoms with E-state index in [0.717, 1.165) is 5.56 Å². The fourth-order valence-corrected chi connectivity index (χ4v) is 2.12. The number of ether oxygens (including phenoxy) is 1. The van der Waals surface area contributed by atoms with Crippen LogP contribution in [0, 0.1) is 5.82 Å². The Morgan fingerprint density at radius 3 is 2.36 bits per heavy atom. The van der Waals surface area contributed by atoms with E-state index in [2.05, 4.69) is 0 Å². The van der Waals surface area contributed by atoms with E-state index < -0.39 is 17.8 Å². The van der Waals surface area contributed by atoms with Crippen molar-refractivity contribution in [3.05, 3.63) is 77.8 Å². The molecule has 0 bridgehead atoms. The zero-order chi connectivity index (χ0) is 15.9. The molecule has 0 fully saturated rings. The summed E-state index contributed by atoms with van der Waals surface area (Å²) in [6, 6.07) is 14.9. The van der Waals surface area contributed by atoms with Crippen LogP contribution < -0.4 is 0 Å². The molecular weight excluding hydrogens is 281 g/mol. The van der Waals surface area contributed by atoms with E-state index in [0.29, 0.717) is 5.56 Å². The van der Waals surface area contributed by atoms with Crippen LogP contribution in [0.1, 0.15) is 17.2 Å². The highest BCUT2D eigenvalue weighted by Gasteiger charge is 2.26. The fourth-order valence-electron chi connectivity index (χ4n) is 2.12. The maximum Gasteiger partial charge on any atom is 0.332 e. The molecule has 2 aromatic rings. The molecule has 2 aromatic carbocycles. The molecule has 0 unspecified atom stereocenters. The predicted octanol–water partition coefficient (Wildman–Crippen LogP) is 3.64. The molecule has 0 aliphatic heterocycles. The average molecular weight is 299 g/mol. The molecule has 0 heterocycles. The molecular formula is C18H18FNO2. The molecule has 0 radical (unpaired) electrons. The summed E-state index contributed by atoms with van der Waals surface area (Å²) in [4.78, 5) is 13.9. The third-order valence-corrected chi connectivity index (χ3v) is 3.18. The van der Waals surface area contributed by atoms with E-state index in [4.69, 9.17) is 4.74 Å². The average Bonchev–Trinajstić information content (AvgIpc) is 2.50. The van der Waals surface area contributed by atoms with Crippen LogP contribution in [-0.2, 0) is 9.53 Å². The van der Waals surface area contributed by atoms with Crippen molar-refractivity contribution in [1.29, 1.82) is 0 Å². The van der Waals surface area contributed by atoms with Crippen molar-refractivity contribution < 1.29 is 13.9 Å². The quantitative estimate of drug-likeness (QED) is 0.623. The summed E-state index contributed by atoms with van der Waals surface area (Å²) in [5.41, 5.74) is 1.22. The molecule has 0 N–H and O–H groups in total. The van der Waals surface area contributed by atoms with Crippen LogP contribution in [0.5, 0.6) is 0 Å². The normalized spacial score (nSPS) is 12.5. The van der Waals surface area contributed by atoms with E-state index in [1.165, 1.54) is 12.3 Å². The lowest BCUT2D eigenvalue weighted by molar-refractivity contribution is -0.143. The maximum absolute atomic E-state index is 13.9. The minimum absolute atomic E-state index is 0.297. The highest BCUT2D eigenvalue weighted by atomic mass is 19.1. The summed E-state index contributed by atoms with van der Waals surface area (Å²) >= 11 is 0. The molecule has 114 valence electrons. The lowest BCUT2D eigenvalue weighted by Crippen LogP contribution is -2.29. The Labute approximate surface area is 129 Å². The molecule has 0 saturated heterocycles. The Morgan fingerprint density at radius 2 is 1.73 bits per heavy atom. The second-order valence-corrected chi connectivity index (χ2v) is 5.04. The Balaban J connectivity index is 2.11. The lowest BCUT2D eigenvalue weighted by atomic mass is 10.1. The Morgan fingerprint density at radius 1 is 1.09 bits per heavy atom. The number of hydrogen-bond donors (Lipinski definition) is 0. The van der Waals surface area contributed by atoms with Gasteiger partial charge in [-0.15, -0.1) is 0 Å². The minimum atomic E-state index is -0.790. The van der Waals surface area contributed by atoms with Crippen LogP contribution in [0.25, 0.3) is 6.08 Å². The van der Waals surface area contributed by atoms with E-state index in [-0.39, 0.29) is 0 Å². The second-order valence-electron chi connectivity index (χ2n) is 5.04. The van der Waals surface area contributed by atoms with Crippen molar-refractivity contribution in [2.24, 2.45) is 0 Å². The van der Waals surface area contributed by atoms with Gasteiger partial charge in [-0.25, -0.2) is 9.18 Å². The zero-order valence-corrected chi connectivity index (χ0v) is 12.6. The molecule has 0 spiro atoms.